The fraction of sp³-hybridized carbons (Fsp3) is 0.412. The second-order valence-electron chi connectivity index (χ2n) is 5.97. The number of allylic oxidation sites excluding steroid dienone is 4. The molecular weight excluding hydrogens is 398 g/mol. The van der Waals surface area contributed by atoms with Gasteiger partial charge in [0.1, 0.15) is 0 Å². The van der Waals surface area contributed by atoms with Crippen molar-refractivity contribution in [2.24, 2.45) is 11.8 Å². The molecule has 23 heavy (non-hydrogen) atoms. The molecule has 1 fully saturated rings. The van der Waals surface area contributed by atoms with E-state index in [0.717, 1.165) is 28.8 Å². The van der Waals surface area contributed by atoms with Gasteiger partial charge in [-0.2, -0.15) is 4.31 Å². The molecule has 1 aliphatic carbocycles. The maximum atomic E-state index is 12.7. The molecule has 2 aliphatic rings. The third-order valence-corrected chi connectivity index (χ3v) is 7.42. The standard InChI is InChI=1S/C17H19BrClNO2S/c18-14-5-7-15(8-6-14)23(21,22)20-11-9-13(10-12-20)16-3-1-2-4-17(16)19/h1,3-8,13,16H,2,9-12H2. The van der Waals surface area contributed by atoms with E-state index in [4.69, 9.17) is 11.6 Å². The van der Waals surface area contributed by atoms with Gasteiger partial charge < -0.3 is 0 Å². The summed E-state index contributed by atoms with van der Waals surface area (Å²) in [6.45, 7) is 1.11. The maximum absolute atomic E-state index is 12.7. The number of rotatable bonds is 3. The number of hydrogen-bond acceptors (Lipinski definition) is 2. The molecule has 0 radical (unpaired) electrons. The van der Waals surface area contributed by atoms with Crippen LogP contribution in [0.15, 0.2) is 56.9 Å². The van der Waals surface area contributed by atoms with Gasteiger partial charge >= 0.3 is 0 Å². The number of sulfonamides is 1. The van der Waals surface area contributed by atoms with Crippen LogP contribution in [0.1, 0.15) is 19.3 Å². The molecular formula is C17H19BrClNO2S. The minimum Gasteiger partial charge on any atom is -0.207 e. The van der Waals surface area contributed by atoms with Gasteiger partial charge in [-0.15, -0.1) is 0 Å². The Morgan fingerprint density at radius 3 is 2.39 bits per heavy atom. The zero-order valence-electron chi connectivity index (χ0n) is 12.7. The number of nitrogens with zero attached hydrogens (tertiary/aromatic N) is 1. The molecule has 124 valence electrons. The Balaban J connectivity index is 1.69. The monoisotopic (exact) mass is 415 g/mol. The first kappa shape index (κ1) is 17.2. The molecule has 0 bridgehead atoms. The highest BCUT2D eigenvalue weighted by molar-refractivity contribution is 9.10. The van der Waals surface area contributed by atoms with E-state index in [2.05, 4.69) is 34.2 Å². The summed E-state index contributed by atoms with van der Waals surface area (Å²) in [4.78, 5) is 0.356. The van der Waals surface area contributed by atoms with Crippen LogP contribution in [0.4, 0.5) is 0 Å². The van der Waals surface area contributed by atoms with Crippen molar-refractivity contribution in [3.8, 4) is 0 Å². The maximum Gasteiger partial charge on any atom is 0.243 e. The highest BCUT2D eigenvalue weighted by Crippen LogP contribution is 2.36. The van der Waals surface area contributed by atoms with Gasteiger partial charge in [0.15, 0.2) is 0 Å². The quantitative estimate of drug-likeness (QED) is 0.678. The van der Waals surface area contributed by atoms with E-state index in [1.807, 2.05) is 0 Å². The first-order valence-corrected chi connectivity index (χ1v) is 10.4. The molecule has 0 saturated carbocycles. The van der Waals surface area contributed by atoms with Gasteiger partial charge in [-0.25, -0.2) is 8.42 Å². The largest absolute Gasteiger partial charge is 0.243 e. The molecule has 0 amide bonds. The highest BCUT2D eigenvalue weighted by atomic mass is 79.9. The van der Waals surface area contributed by atoms with Crippen LogP contribution in [0.25, 0.3) is 0 Å². The van der Waals surface area contributed by atoms with Gasteiger partial charge in [0.25, 0.3) is 0 Å². The number of benzene rings is 1. The second-order valence-corrected chi connectivity index (χ2v) is 9.26. The summed E-state index contributed by atoms with van der Waals surface area (Å²) in [5, 5.41) is 0.904. The zero-order chi connectivity index (χ0) is 16.4. The first-order valence-electron chi connectivity index (χ1n) is 7.76. The van der Waals surface area contributed by atoms with Crippen molar-refractivity contribution in [2.75, 3.05) is 13.1 Å². The zero-order valence-corrected chi connectivity index (χ0v) is 15.8. The van der Waals surface area contributed by atoms with Crippen LogP contribution in [0.2, 0.25) is 0 Å². The summed E-state index contributed by atoms with van der Waals surface area (Å²) >= 11 is 9.66. The smallest absolute Gasteiger partial charge is 0.207 e. The van der Waals surface area contributed by atoms with Gasteiger partial charge in [0.2, 0.25) is 10.0 Å². The van der Waals surface area contributed by atoms with Crippen molar-refractivity contribution in [2.45, 2.75) is 24.2 Å². The van der Waals surface area contributed by atoms with Crippen LogP contribution in [0, 0.1) is 11.8 Å². The molecule has 1 aliphatic heterocycles. The van der Waals surface area contributed by atoms with Crippen LogP contribution in [0.3, 0.4) is 0 Å². The van der Waals surface area contributed by atoms with Crippen LogP contribution in [-0.4, -0.2) is 25.8 Å². The summed E-state index contributed by atoms with van der Waals surface area (Å²) in [7, 11) is -3.40. The van der Waals surface area contributed by atoms with Gasteiger partial charge in [-0.1, -0.05) is 45.8 Å². The second kappa shape index (κ2) is 7.09. The van der Waals surface area contributed by atoms with E-state index in [1.54, 1.807) is 28.6 Å². The fourth-order valence-electron chi connectivity index (χ4n) is 3.25. The summed E-state index contributed by atoms with van der Waals surface area (Å²) in [6, 6.07) is 6.82. The first-order chi connectivity index (χ1) is 11.0. The SMILES string of the molecule is O=S(=O)(c1ccc(Br)cc1)N1CCC(C2C=CCC=C2Cl)CC1. The predicted molar refractivity (Wildman–Crippen MR) is 96.8 cm³/mol. The molecule has 1 heterocycles. The van der Waals surface area contributed by atoms with Gasteiger partial charge in [-0.3, -0.25) is 0 Å². The normalized spacial score (nSPS) is 23.7. The van der Waals surface area contributed by atoms with Gasteiger partial charge in [0, 0.05) is 28.5 Å². The Labute approximate surface area is 151 Å². The summed E-state index contributed by atoms with van der Waals surface area (Å²) < 4.78 is 27.9. The molecule has 0 aromatic heterocycles. The number of piperidine rings is 1. The Morgan fingerprint density at radius 2 is 1.78 bits per heavy atom. The fourth-order valence-corrected chi connectivity index (χ4v) is 5.32. The average molecular weight is 417 g/mol. The molecule has 1 aromatic carbocycles. The van der Waals surface area contributed by atoms with Gasteiger partial charge in [0.05, 0.1) is 4.90 Å². The lowest BCUT2D eigenvalue weighted by Crippen LogP contribution is -2.40. The van der Waals surface area contributed by atoms with Crippen LogP contribution < -0.4 is 0 Å². The highest BCUT2D eigenvalue weighted by Gasteiger charge is 2.33. The molecule has 1 atom stereocenters. The Morgan fingerprint density at radius 1 is 1.13 bits per heavy atom. The molecule has 0 spiro atoms. The van der Waals surface area contributed by atoms with Crippen molar-refractivity contribution in [1.29, 1.82) is 0 Å². The van der Waals surface area contributed by atoms with Gasteiger partial charge in [-0.05, 0) is 49.4 Å². The van der Waals surface area contributed by atoms with E-state index < -0.39 is 10.0 Å². The van der Waals surface area contributed by atoms with Crippen LogP contribution >= 0.6 is 27.5 Å². The minimum atomic E-state index is -3.40. The van der Waals surface area contributed by atoms with Crippen LogP contribution in [-0.2, 0) is 10.0 Å². The molecule has 1 saturated heterocycles. The minimum absolute atomic E-state index is 0.253. The Bertz CT molecular complexity index is 719. The van der Waals surface area contributed by atoms with E-state index in [-0.39, 0.29) is 5.92 Å². The number of halogens is 2. The lowest BCUT2D eigenvalue weighted by Gasteiger charge is -2.35. The summed E-state index contributed by atoms with van der Waals surface area (Å²) in [5.41, 5.74) is 0. The van der Waals surface area contributed by atoms with E-state index in [9.17, 15) is 8.42 Å². The van der Waals surface area contributed by atoms with E-state index in [0.29, 0.717) is 23.9 Å². The third-order valence-electron chi connectivity index (χ3n) is 4.57. The van der Waals surface area contributed by atoms with Crippen molar-refractivity contribution in [3.63, 3.8) is 0 Å². The molecule has 1 aromatic rings. The average Bonchev–Trinajstić information content (AvgIpc) is 2.56. The lowest BCUT2D eigenvalue weighted by molar-refractivity contribution is 0.248. The molecule has 3 rings (SSSR count). The van der Waals surface area contributed by atoms with Crippen molar-refractivity contribution in [1.82, 2.24) is 4.31 Å². The molecule has 0 N–H and O–H groups in total. The topological polar surface area (TPSA) is 37.4 Å². The van der Waals surface area contributed by atoms with Crippen molar-refractivity contribution < 1.29 is 8.42 Å². The molecule has 3 nitrogen and oxygen atoms in total. The molecule has 6 heteroatoms. The van der Waals surface area contributed by atoms with Crippen LogP contribution in [0.5, 0.6) is 0 Å². The van der Waals surface area contributed by atoms with Crippen molar-refractivity contribution >= 4 is 37.6 Å². The summed E-state index contributed by atoms with van der Waals surface area (Å²) in [5.74, 6) is 0.676. The number of hydrogen-bond donors (Lipinski definition) is 0. The Hall–Kier alpha value is -0.620. The molecule has 1 unspecified atom stereocenters. The predicted octanol–water partition coefficient (Wildman–Crippen LogP) is 4.55. The lowest BCUT2D eigenvalue weighted by atomic mass is 9.82. The van der Waals surface area contributed by atoms with Crippen molar-refractivity contribution in [3.05, 3.63) is 52.0 Å². The Kier molecular flexibility index (Phi) is 5.31. The van der Waals surface area contributed by atoms with E-state index in [1.165, 1.54) is 0 Å². The van der Waals surface area contributed by atoms with E-state index >= 15 is 0 Å². The summed E-state index contributed by atoms with van der Waals surface area (Å²) in [6.07, 6.45) is 8.94. The third kappa shape index (κ3) is 3.73.